The second kappa shape index (κ2) is 52.3. The van der Waals surface area contributed by atoms with Crippen LogP contribution in [0.5, 0.6) is 0 Å². The van der Waals surface area contributed by atoms with Crippen LogP contribution in [0.2, 0.25) is 0 Å². The lowest BCUT2D eigenvalue weighted by atomic mass is 10.0. The molecule has 0 amide bonds. The van der Waals surface area contributed by atoms with E-state index in [2.05, 4.69) is 86.8 Å². The molecule has 0 heterocycles. The van der Waals surface area contributed by atoms with Crippen molar-refractivity contribution < 1.29 is 42.1 Å². The Balaban J connectivity index is 4.02. The number of hydrogen-bond acceptors (Lipinski definition) is 7. The summed E-state index contributed by atoms with van der Waals surface area (Å²) in [5.74, 6) is -0.808. The molecule has 0 aliphatic heterocycles. The minimum atomic E-state index is -4.39. The molecule has 0 aliphatic rings. The molecule has 71 heavy (non-hydrogen) atoms. The molecule has 1 N–H and O–H groups in total. The van der Waals surface area contributed by atoms with Crippen molar-refractivity contribution in [1.82, 2.24) is 0 Å². The van der Waals surface area contributed by atoms with E-state index in [9.17, 15) is 19.0 Å². The van der Waals surface area contributed by atoms with Crippen LogP contribution < -0.4 is 0 Å². The van der Waals surface area contributed by atoms with Crippen molar-refractivity contribution in [2.45, 2.75) is 258 Å². The molecule has 0 aromatic rings. The number of ether oxygens (including phenoxy) is 2. The summed E-state index contributed by atoms with van der Waals surface area (Å²) in [7, 11) is 1.47. The first-order valence-electron chi connectivity index (χ1n) is 29.2. The first-order valence-corrected chi connectivity index (χ1v) is 30.7. The molecular formula is C61H111NO8P+. The number of allylic oxidation sites excluding steroid dienone is 12. The predicted molar refractivity (Wildman–Crippen MR) is 302 cm³/mol. The van der Waals surface area contributed by atoms with Gasteiger partial charge in [0.15, 0.2) is 6.10 Å². The molecule has 10 heteroatoms. The fraction of sp³-hybridized carbons (Fsp3) is 0.770. The number of nitrogens with zero attached hydrogens (tertiary/aromatic N) is 1. The van der Waals surface area contributed by atoms with Crippen molar-refractivity contribution >= 4 is 19.8 Å². The second-order valence-electron chi connectivity index (χ2n) is 20.6. The van der Waals surface area contributed by atoms with Crippen LogP contribution in [0.25, 0.3) is 0 Å². The first-order chi connectivity index (χ1) is 34.5. The van der Waals surface area contributed by atoms with Gasteiger partial charge in [0, 0.05) is 12.8 Å². The van der Waals surface area contributed by atoms with Crippen molar-refractivity contribution in [3.63, 3.8) is 0 Å². The normalized spacial score (nSPS) is 13.8. The van der Waals surface area contributed by atoms with Crippen molar-refractivity contribution in [3.05, 3.63) is 72.9 Å². The van der Waals surface area contributed by atoms with Gasteiger partial charge in [0.25, 0.3) is 0 Å². The molecule has 412 valence electrons. The number of carbonyl (C=O) groups excluding carboxylic acids is 2. The summed E-state index contributed by atoms with van der Waals surface area (Å²) in [5, 5.41) is 0. The van der Waals surface area contributed by atoms with E-state index in [-0.39, 0.29) is 32.0 Å². The largest absolute Gasteiger partial charge is 0.472 e. The zero-order chi connectivity index (χ0) is 52.0. The highest BCUT2D eigenvalue weighted by molar-refractivity contribution is 7.47. The van der Waals surface area contributed by atoms with Crippen LogP contribution in [0.15, 0.2) is 72.9 Å². The molecule has 0 saturated carbocycles. The minimum Gasteiger partial charge on any atom is -0.462 e. The lowest BCUT2D eigenvalue weighted by Gasteiger charge is -2.24. The van der Waals surface area contributed by atoms with Gasteiger partial charge in [-0.25, -0.2) is 4.57 Å². The van der Waals surface area contributed by atoms with Crippen molar-refractivity contribution in [2.75, 3.05) is 47.5 Å². The summed E-state index contributed by atoms with van der Waals surface area (Å²) in [6.07, 6.45) is 68.4. The molecule has 0 fully saturated rings. The molecule has 0 bridgehead atoms. The van der Waals surface area contributed by atoms with Gasteiger partial charge in [0.2, 0.25) is 0 Å². The molecule has 0 spiro atoms. The number of esters is 2. The van der Waals surface area contributed by atoms with Crippen LogP contribution in [0.4, 0.5) is 0 Å². The summed E-state index contributed by atoms with van der Waals surface area (Å²) < 4.78 is 34.5. The Hall–Kier alpha value is -2.55. The standard InChI is InChI=1S/C61H110NO8P/c1-6-8-10-12-14-16-18-20-22-23-24-25-26-27-28-29-30-31-32-33-34-35-36-37-38-39-40-42-44-46-48-50-52-54-61(64)70-59(58-69-71(65,66)68-56-55-62(3,4)5)57-67-60(63)53-51-49-47-45-43-41-21-19-17-15-13-11-9-7-2/h8,10,13-16,19-22,24-25,59H,6-7,9,11-12,17-18,23,26-58H2,1-5H3/p+1/b10-8-,15-13-,16-14-,21-19-,22-20-,25-24-. The third kappa shape index (κ3) is 56.6. The number of phosphoric acid groups is 1. The van der Waals surface area contributed by atoms with Gasteiger partial charge < -0.3 is 18.9 Å². The van der Waals surface area contributed by atoms with E-state index < -0.39 is 26.5 Å². The van der Waals surface area contributed by atoms with E-state index in [1.165, 1.54) is 128 Å². The van der Waals surface area contributed by atoms with Gasteiger partial charge in [0.05, 0.1) is 27.7 Å². The molecule has 2 unspecified atom stereocenters. The van der Waals surface area contributed by atoms with E-state index in [1.807, 2.05) is 21.1 Å². The van der Waals surface area contributed by atoms with Crippen LogP contribution in [0.3, 0.4) is 0 Å². The number of likely N-dealkylation sites (N-methyl/N-ethyl adjacent to an activating group) is 1. The van der Waals surface area contributed by atoms with Crippen LogP contribution in [-0.4, -0.2) is 74.9 Å². The summed E-state index contributed by atoms with van der Waals surface area (Å²) in [6, 6.07) is 0. The lowest BCUT2D eigenvalue weighted by Crippen LogP contribution is -2.37. The van der Waals surface area contributed by atoms with Gasteiger partial charge in [-0.1, -0.05) is 234 Å². The lowest BCUT2D eigenvalue weighted by molar-refractivity contribution is -0.870. The number of carbonyl (C=O) groups is 2. The summed E-state index contributed by atoms with van der Waals surface area (Å²) in [5.41, 5.74) is 0. The monoisotopic (exact) mass is 1020 g/mol. The Morgan fingerprint density at radius 2 is 0.803 bits per heavy atom. The van der Waals surface area contributed by atoms with Gasteiger partial charge in [-0.3, -0.25) is 18.6 Å². The Kier molecular flexibility index (Phi) is 50.4. The zero-order valence-electron chi connectivity index (χ0n) is 46.7. The van der Waals surface area contributed by atoms with Crippen LogP contribution in [0.1, 0.15) is 251 Å². The molecule has 0 aromatic heterocycles. The number of hydrogen-bond donors (Lipinski definition) is 1. The van der Waals surface area contributed by atoms with Gasteiger partial charge in [0.1, 0.15) is 19.8 Å². The molecule has 0 radical (unpaired) electrons. The molecule has 9 nitrogen and oxygen atoms in total. The Morgan fingerprint density at radius 3 is 1.20 bits per heavy atom. The summed E-state index contributed by atoms with van der Waals surface area (Å²) >= 11 is 0. The Morgan fingerprint density at radius 1 is 0.451 bits per heavy atom. The SMILES string of the molecule is CC/C=C\C/C=C\C/C=C\C/C=C\CCCCCCCCCCCCCCCCCCCCCCC(=O)OC(COC(=O)CCCCCCC/C=C\C/C=C\CCCC)COP(=O)(O)OCC[N+](C)(C)C. The second-order valence-corrected chi connectivity index (χ2v) is 22.1. The Bertz CT molecular complexity index is 1430. The highest BCUT2D eigenvalue weighted by atomic mass is 31.2. The summed E-state index contributed by atoms with van der Waals surface area (Å²) in [6.45, 7) is 4.28. The average molecular weight is 1020 g/mol. The predicted octanol–water partition coefficient (Wildman–Crippen LogP) is 18.1. The van der Waals surface area contributed by atoms with E-state index in [0.29, 0.717) is 17.4 Å². The third-order valence-corrected chi connectivity index (χ3v) is 13.5. The van der Waals surface area contributed by atoms with Crippen LogP contribution in [-0.2, 0) is 32.7 Å². The molecule has 0 saturated heterocycles. The fourth-order valence-corrected chi connectivity index (χ4v) is 8.71. The maximum Gasteiger partial charge on any atom is 0.472 e. The first kappa shape index (κ1) is 68.5. The van der Waals surface area contributed by atoms with Gasteiger partial charge in [-0.05, 0) is 77.0 Å². The van der Waals surface area contributed by atoms with Gasteiger partial charge in [-0.2, -0.15) is 0 Å². The van der Waals surface area contributed by atoms with E-state index >= 15 is 0 Å². The maximum atomic E-state index is 12.8. The third-order valence-electron chi connectivity index (χ3n) is 12.5. The van der Waals surface area contributed by atoms with Crippen molar-refractivity contribution in [3.8, 4) is 0 Å². The highest BCUT2D eigenvalue weighted by Crippen LogP contribution is 2.43. The van der Waals surface area contributed by atoms with Crippen molar-refractivity contribution in [1.29, 1.82) is 0 Å². The number of phosphoric ester groups is 1. The number of rotatable bonds is 53. The van der Waals surface area contributed by atoms with Crippen LogP contribution in [0, 0.1) is 0 Å². The smallest absolute Gasteiger partial charge is 0.462 e. The zero-order valence-corrected chi connectivity index (χ0v) is 47.6. The van der Waals surface area contributed by atoms with E-state index in [1.54, 1.807) is 0 Å². The molecule has 2 atom stereocenters. The number of quaternary nitrogens is 1. The van der Waals surface area contributed by atoms with Gasteiger partial charge >= 0.3 is 19.8 Å². The highest BCUT2D eigenvalue weighted by Gasteiger charge is 2.27. The molecule has 0 rings (SSSR count). The van der Waals surface area contributed by atoms with Crippen molar-refractivity contribution in [2.24, 2.45) is 0 Å². The fourth-order valence-electron chi connectivity index (χ4n) is 7.97. The molecule has 0 aromatic carbocycles. The van der Waals surface area contributed by atoms with Crippen LogP contribution >= 0.6 is 7.82 Å². The molecule has 0 aliphatic carbocycles. The Labute approximate surface area is 438 Å². The maximum absolute atomic E-state index is 12.8. The van der Waals surface area contributed by atoms with E-state index in [0.717, 1.165) is 89.9 Å². The summed E-state index contributed by atoms with van der Waals surface area (Å²) in [4.78, 5) is 35.6. The van der Waals surface area contributed by atoms with E-state index in [4.69, 9.17) is 18.5 Å². The molecular weight excluding hydrogens is 906 g/mol. The minimum absolute atomic E-state index is 0.0285. The van der Waals surface area contributed by atoms with Gasteiger partial charge in [-0.15, -0.1) is 0 Å². The quantitative estimate of drug-likeness (QED) is 0.0211. The topological polar surface area (TPSA) is 108 Å². The number of unbranched alkanes of at least 4 members (excludes halogenated alkanes) is 27. The average Bonchev–Trinajstić information content (AvgIpc) is 3.33.